The molecule has 0 N–H and O–H groups in total. The number of aryl methyl sites for hydroxylation is 1. The van der Waals surface area contributed by atoms with Gasteiger partial charge < -0.3 is 0 Å². The van der Waals surface area contributed by atoms with Crippen LogP contribution in [0.1, 0.15) is 45.0 Å². The summed E-state index contributed by atoms with van der Waals surface area (Å²) in [6, 6.07) is 4.11. The Morgan fingerprint density at radius 3 is 2.47 bits per heavy atom. The molecule has 0 aliphatic rings. The molecule has 0 saturated carbocycles. The minimum absolute atomic E-state index is 0.415. The van der Waals surface area contributed by atoms with Gasteiger partial charge in [0, 0.05) is 12.1 Å². The van der Waals surface area contributed by atoms with Crippen molar-refractivity contribution in [2.24, 2.45) is 0 Å². The largest absolute Gasteiger partial charge is 0.286 e. The summed E-state index contributed by atoms with van der Waals surface area (Å²) in [6.45, 7) is 10.3. The van der Waals surface area contributed by atoms with E-state index in [9.17, 15) is 0 Å². The SMILES string of the molecule is CC.Cc1ccn2c(C(C)C)nnc2c1. The summed E-state index contributed by atoms with van der Waals surface area (Å²) in [5, 5.41) is 8.26. The zero-order valence-corrected chi connectivity index (χ0v) is 10.2. The fourth-order valence-electron chi connectivity index (χ4n) is 1.40. The van der Waals surface area contributed by atoms with Gasteiger partial charge in [0.25, 0.3) is 0 Å². The molecule has 3 nitrogen and oxygen atoms in total. The zero-order chi connectivity index (χ0) is 11.4. The predicted molar refractivity (Wildman–Crippen MR) is 63.2 cm³/mol. The second-order valence-corrected chi connectivity index (χ2v) is 3.65. The van der Waals surface area contributed by atoms with Crippen molar-refractivity contribution in [3.8, 4) is 0 Å². The van der Waals surface area contributed by atoms with Crippen molar-refractivity contribution in [2.45, 2.75) is 40.5 Å². The molecule has 2 aromatic rings. The number of hydrogen-bond acceptors (Lipinski definition) is 2. The van der Waals surface area contributed by atoms with Crippen molar-refractivity contribution >= 4 is 5.65 Å². The third kappa shape index (κ3) is 2.35. The van der Waals surface area contributed by atoms with Crippen LogP contribution in [0.3, 0.4) is 0 Å². The van der Waals surface area contributed by atoms with Gasteiger partial charge in [-0.3, -0.25) is 4.40 Å². The third-order valence-electron chi connectivity index (χ3n) is 2.11. The number of pyridine rings is 1. The van der Waals surface area contributed by atoms with Gasteiger partial charge in [0.2, 0.25) is 0 Å². The molecule has 0 spiro atoms. The van der Waals surface area contributed by atoms with Gasteiger partial charge in [-0.15, -0.1) is 10.2 Å². The van der Waals surface area contributed by atoms with Gasteiger partial charge in [0.05, 0.1) is 0 Å². The molecule has 0 bridgehead atoms. The lowest BCUT2D eigenvalue weighted by Crippen LogP contribution is -1.96. The van der Waals surface area contributed by atoms with Crippen LogP contribution in [0.5, 0.6) is 0 Å². The standard InChI is InChI=1S/C10H13N3.C2H6/c1-7(2)10-12-11-9-6-8(3)4-5-13(9)10;1-2/h4-7H,1-3H3;1-2H3. The lowest BCUT2D eigenvalue weighted by molar-refractivity contribution is 0.759. The van der Waals surface area contributed by atoms with E-state index in [2.05, 4.69) is 37.0 Å². The number of aromatic nitrogens is 3. The first kappa shape index (κ1) is 11.7. The lowest BCUT2D eigenvalue weighted by Gasteiger charge is -2.01. The molecule has 0 saturated heterocycles. The summed E-state index contributed by atoms with van der Waals surface area (Å²) in [6.07, 6.45) is 2.03. The van der Waals surface area contributed by atoms with Crippen LogP contribution in [0.4, 0.5) is 0 Å². The maximum Gasteiger partial charge on any atom is 0.161 e. The molecule has 0 amide bonds. The molecule has 15 heavy (non-hydrogen) atoms. The fraction of sp³-hybridized carbons (Fsp3) is 0.500. The third-order valence-corrected chi connectivity index (χ3v) is 2.11. The minimum Gasteiger partial charge on any atom is -0.286 e. The van der Waals surface area contributed by atoms with Crippen molar-refractivity contribution in [2.75, 3.05) is 0 Å². The smallest absolute Gasteiger partial charge is 0.161 e. The van der Waals surface area contributed by atoms with Crippen molar-refractivity contribution < 1.29 is 0 Å². The summed E-state index contributed by atoms with van der Waals surface area (Å²) < 4.78 is 2.04. The van der Waals surface area contributed by atoms with Gasteiger partial charge in [-0.05, 0) is 24.6 Å². The molecule has 0 fully saturated rings. The van der Waals surface area contributed by atoms with Crippen LogP contribution in [-0.2, 0) is 0 Å². The van der Waals surface area contributed by atoms with Crippen molar-refractivity contribution in [3.05, 3.63) is 29.7 Å². The number of rotatable bonds is 1. The quantitative estimate of drug-likeness (QED) is 0.715. The predicted octanol–water partition coefficient (Wildman–Crippen LogP) is 3.19. The second-order valence-electron chi connectivity index (χ2n) is 3.65. The molecule has 2 aromatic heterocycles. The Balaban J connectivity index is 0.000000531. The van der Waals surface area contributed by atoms with Gasteiger partial charge in [-0.25, -0.2) is 0 Å². The Hall–Kier alpha value is -1.38. The van der Waals surface area contributed by atoms with E-state index in [0.29, 0.717) is 5.92 Å². The summed E-state index contributed by atoms with van der Waals surface area (Å²) in [5.41, 5.74) is 2.15. The Kier molecular flexibility index (Phi) is 3.83. The molecule has 0 aromatic carbocycles. The van der Waals surface area contributed by atoms with E-state index >= 15 is 0 Å². The lowest BCUT2D eigenvalue weighted by atomic mass is 10.2. The summed E-state index contributed by atoms with van der Waals surface area (Å²) in [4.78, 5) is 0. The maximum atomic E-state index is 4.15. The normalized spacial score (nSPS) is 10.3. The monoisotopic (exact) mass is 205 g/mol. The van der Waals surface area contributed by atoms with Crippen LogP contribution in [0.15, 0.2) is 18.3 Å². The van der Waals surface area contributed by atoms with E-state index in [0.717, 1.165) is 11.5 Å². The van der Waals surface area contributed by atoms with Gasteiger partial charge in [-0.2, -0.15) is 0 Å². The van der Waals surface area contributed by atoms with Crippen LogP contribution in [-0.4, -0.2) is 14.6 Å². The number of fused-ring (bicyclic) bond motifs is 1. The van der Waals surface area contributed by atoms with Gasteiger partial charge in [-0.1, -0.05) is 27.7 Å². The molecule has 0 unspecified atom stereocenters. The molecule has 3 heteroatoms. The fourth-order valence-corrected chi connectivity index (χ4v) is 1.40. The van der Waals surface area contributed by atoms with E-state index in [1.165, 1.54) is 5.56 Å². The zero-order valence-electron chi connectivity index (χ0n) is 10.2. The summed E-state index contributed by atoms with van der Waals surface area (Å²) in [7, 11) is 0. The molecular formula is C12H19N3. The molecule has 0 atom stereocenters. The Bertz CT molecular complexity index is 429. The van der Waals surface area contributed by atoms with E-state index in [1.807, 2.05) is 30.5 Å². The van der Waals surface area contributed by atoms with Gasteiger partial charge in [0.15, 0.2) is 5.65 Å². The molecule has 82 valence electrons. The van der Waals surface area contributed by atoms with E-state index in [-0.39, 0.29) is 0 Å². The molecule has 2 heterocycles. The van der Waals surface area contributed by atoms with Crippen LogP contribution in [0, 0.1) is 6.92 Å². The highest BCUT2D eigenvalue weighted by molar-refractivity contribution is 5.40. The highest BCUT2D eigenvalue weighted by Crippen LogP contribution is 2.13. The van der Waals surface area contributed by atoms with Gasteiger partial charge >= 0.3 is 0 Å². The average molecular weight is 205 g/mol. The molecule has 0 aliphatic carbocycles. The molecule has 0 radical (unpaired) electrons. The van der Waals surface area contributed by atoms with Crippen molar-refractivity contribution in [1.82, 2.24) is 14.6 Å². The Morgan fingerprint density at radius 1 is 1.20 bits per heavy atom. The van der Waals surface area contributed by atoms with E-state index in [1.54, 1.807) is 0 Å². The topological polar surface area (TPSA) is 30.2 Å². The molecular weight excluding hydrogens is 186 g/mol. The minimum atomic E-state index is 0.415. The molecule has 0 aliphatic heterocycles. The first-order chi connectivity index (χ1) is 7.18. The summed E-state index contributed by atoms with van der Waals surface area (Å²) >= 11 is 0. The Morgan fingerprint density at radius 2 is 1.87 bits per heavy atom. The first-order valence-electron chi connectivity index (χ1n) is 5.50. The average Bonchev–Trinajstić information content (AvgIpc) is 2.63. The van der Waals surface area contributed by atoms with Crippen LogP contribution in [0.25, 0.3) is 5.65 Å². The van der Waals surface area contributed by atoms with E-state index in [4.69, 9.17) is 0 Å². The first-order valence-corrected chi connectivity index (χ1v) is 5.50. The maximum absolute atomic E-state index is 4.15. The van der Waals surface area contributed by atoms with Crippen LogP contribution >= 0.6 is 0 Å². The highest BCUT2D eigenvalue weighted by atomic mass is 15.2. The second kappa shape index (κ2) is 4.91. The summed E-state index contributed by atoms with van der Waals surface area (Å²) in [5.74, 6) is 1.44. The highest BCUT2D eigenvalue weighted by Gasteiger charge is 2.07. The van der Waals surface area contributed by atoms with Crippen LogP contribution in [0.2, 0.25) is 0 Å². The van der Waals surface area contributed by atoms with Crippen molar-refractivity contribution in [1.29, 1.82) is 0 Å². The van der Waals surface area contributed by atoms with Crippen molar-refractivity contribution in [3.63, 3.8) is 0 Å². The number of hydrogen-bond donors (Lipinski definition) is 0. The van der Waals surface area contributed by atoms with Gasteiger partial charge in [0.1, 0.15) is 5.82 Å². The van der Waals surface area contributed by atoms with E-state index < -0.39 is 0 Å². The Labute approximate surface area is 91.2 Å². The number of nitrogens with zero attached hydrogens (tertiary/aromatic N) is 3. The molecule has 2 rings (SSSR count). The van der Waals surface area contributed by atoms with Crippen LogP contribution < -0.4 is 0 Å².